The molecule has 0 aliphatic rings. The number of nitrogen functional groups attached to an aromatic ring is 1. The van der Waals surface area contributed by atoms with Crippen molar-refractivity contribution in [2.45, 2.75) is 6.54 Å². The normalized spacial score (nSPS) is 10.2. The number of carbonyl (C=O) groups excluding carboxylic acids is 1. The van der Waals surface area contributed by atoms with Crippen LogP contribution in [0.5, 0.6) is 0 Å². The van der Waals surface area contributed by atoms with E-state index in [1.165, 1.54) is 0 Å². The minimum absolute atomic E-state index is 0.0394. The minimum Gasteiger partial charge on any atom is -0.397 e. The molecule has 1 amide bonds. The van der Waals surface area contributed by atoms with Gasteiger partial charge in [0.25, 0.3) is 5.91 Å². The number of nitrogens with two attached hydrogens (primary N) is 1. The number of pyridine rings is 1. The van der Waals surface area contributed by atoms with Gasteiger partial charge in [-0.2, -0.15) is 0 Å². The van der Waals surface area contributed by atoms with Crippen molar-refractivity contribution in [3.05, 3.63) is 53.9 Å². The van der Waals surface area contributed by atoms with Gasteiger partial charge in [-0.05, 0) is 30.3 Å². The number of hydrogen-bond donors (Lipinski definition) is 1. The molecule has 0 bridgehead atoms. The van der Waals surface area contributed by atoms with Crippen LogP contribution in [0, 0.1) is 0 Å². The molecule has 5 heteroatoms. The smallest absolute Gasteiger partial charge is 0.253 e. The average molecular weight is 284 g/mol. The van der Waals surface area contributed by atoms with E-state index in [0.717, 1.165) is 11.4 Å². The quantitative estimate of drug-likeness (QED) is 0.872. The Kier molecular flexibility index (Phi) is 4.42. The zero-order valence-electron chi connectivity index (χ0n) is 12.6. The molecule has 1 aromatic heterocycles. The maximum Gasteiger partial charge on any atom is 0.253 e. The monoisotopic (exact) mass is 284 g/mol. The van der Waals surface area contributed by atoms with E-state index in [2.05, 4.69) is 4.98 Å². The van der Waals surface area contributed by atoms with Crippen molar-refractivity contribution in [1.82, 2.24) is 9.88 Å². The van der Waals surface area contributed by atoms with Crippen molar-refractivity contribution in [2.24, 2.45) is 0 Å². The molecule has 0 atom stereocenters. The van der Waals surface area contributed by atoms with Crippen LogP contribution in [-0.4, -0.2) is 36.9 Å². The molecule has 0 radical (unpaired) electrons. The highest BCUT2D eigenvalue weighted by atomic mass is 16.2. The third-order valence-corrected chi connectivity index (χ3v) is 3.22. The number of amides is 1. The third kappa shape index (κ3) is 3.51. The van der Waals surface area contributed by atoms with Crippen LogP contribution in [-0.2, 0) is 6.54 Å². The van der Waals surface area contributed by atoms with Crippen LogP contribution in [0.15, 0.2) is 42.6 Å². The molecule has 0 aliphatic carbocycles. The van der Waals surface area contributed by atoms with Crippen LogP contribution in [0.1, 0.15) is 16.1 Å². The zero-order valence-corrected chi connectivity index (χ0v) is 12.6. The summed E-state index contributed by atoms with van der Waals surface area (Å²) in [4.78, 5) is 19.9. The number of hydrogen-bond acceptors (Lipinski definition) is 4. The molecule has 0 fully saturated rings. The first-order chi connectivity index (χ1) is 9.99. The summed E-state index contributed by atoms with van der Waals surface area (Å²) in [7, 11) is 5.40. The summed E-state index contributed by atoms with van der Waals surface area (Å²) >= 11 is 0. The molecule has 21 heavy (non-hydrogen) atoms. The molecule has 1 heterocycles. The van der Waals surface area contributed by atoms with E-state index >= 15 is 0 Å². The molecule has 1 aromatic carbocycles. The minimum atomic E-state index is -0.0394. The van der Waals surface area contributed by atoms with Crippen molar-refractivity contribution in [3.8, 4) is 0 Å². The molecule has 5 nitrogen and oxygen atoms in total. The molecule has 2 aromatic rings. The van der Waals surface area contributed by atoms with Gasteiger partial charge in [-0.1, -0.05) is 6.07 Å². The standard InChI is InChI=1S/C16H20N4O/c1-19(2)16(21)12-7-8-14(17)15(10-12)20(3)11-13-6-4-5-9-18-13/h4-10H,11,17H2,1-3H3. The second-order valence-electron chi connectivity index (χ2n) is 5.15. The van der Waals surface area contributed by atoms with Crippen molar-refractivity contribution >= 4 is 17.3 Å². The molecule has 0 spiro atoms. The molecular weight excluding hydrogens is 264 g/mol. The van der Waals surface area contributed by atoms with Gasteiger partial charge in [-0.3, -0.25) is 9.78 Å². The zero-order chi connectivity index (χ0) is 15.4. The lowest BCUT2D eigenvalue weighted by molar-refractivity contribution is 0.0827. The topological polar surface area (TPSA) is 62.5 Å². The SMILES string of the molecule is CN(C)C(=O)c1ccc(N)c(N(C)Cc2ccccn2)c1. The number of aromatic nitrogens is 1. The molecule has 0 unspecified atom stereocenters. The van der Waals surface area contributed by atoms with E-state index in [1.807, 2.05) is 36.2 Å². The van der Waals surface area contributed by atoms with Gasteiger partial charge in [0.05, 0.1) is 23.6 Å². The first kappa shape index (κ1) is 14.8. The molecule has 2 N–H and O–H groups in total. The van der Waals surface area contributed by atoms with Gasteiger partial charge in [0.1, 0.15) is 0 Å². The van der Waals surface area contributed by atoms with Crippen LogP contribution >= 0.6 is 0 Å². The van der Waals surface area contributed by atoms with Crippen molar-refractivity contribution in [1.29, 1.82) is 0 Å². The Morgan fingerprint density at radius 2 is 1.95 bits per heavy atom. The summed E-state index contributed by atoms with van der Waals surface area (Å²) in [5.41, 5.74) is 9.07. The van der Waals surface area contributed by atoms with E-state index in [1.54, 1.807) is 37.3 Å². The Bertz CT molecular complexity index is 625. The fraction of sp³-hybridized carbons (Fsp3) is 0.250. The fourth-order valence-corrected chi connectivity index (χ4v) is 2.09. The van der Waals surface area contributed by atoms with Crippen LogP contribution in [0.3, 0.4) is 0 Å². The number of anilines is 2. The molecule has 0 saturated heterocycles. The van der Waals surface area contributed by atoms with Gasteiger partial charge in [0, 0.05) is 32.9 Å². The van der Waals surface area contributed by atoms with Crippen molar-refractivity contribution in [2.75, 3.05) is 31.8 Å². The predicted molar refractivity (Wildman–Crippen MR) is 85.2 cm³/mol. The number of rotatable bonds is 4. The van der Waals surface area contributed by atoms with Gasteiger partial charge in [0.15, 0.2) is 0 Å². The third-order valence-electron chi connectivity index (χ3n) is 3.22. The summed E-state index contributed by atoms with van der Waals surface area (Å²) in [6.07, 6.45) is 1.76. The van der Waals surface area contributed by atoms with Gasteiger partial charge < -0.3 is 15.5 Å². The Hall–Kier alpha value is -2.56. The Morgan fingerprint density at radius 3 is 2.57 bits per heavy atom. The second-order valence-corrected chi connectivity index (χ2v) is 5.15. The first-order valence-corrected chi connectivity index (χ1v) is 6.71. The van der Waals surface area contributed by atoms with Crippen molar-refractivity contribution < 1.29 is 4.79 Å². The summed E-state index contributed by atoms with van der Waals surface area (Å²) in [5.74, 6) is -0.0394. The lowest BCUT2D eigenvalue weighted by Gasteiger charge is -2.22. The number of benzene rings is 1. The van der Waals surface area contributed by atoms with Gasteiger partial charge in [-0.25, -0.2) is 0 Å². The van der Waals surface area contributed by atoms with Gasteiger partial charge >= 0.3 is 0 Å². The molecule has 110 valence electrons. The van der Waals surface area contributed by atoms with Crippen molar-refractivity contribution in [3.63, 3.8) is 0 Å². The summed E-state index contributed by atoms with van der Waals surface area (Å²) in [6, 6.07) is 11.1. The predicted octanol–water partition coefficient (Wildman–Crippen LogP) is 2.00. The maximum absolute atomic E-state index is 12.0. The van der Waals surface area contributed by atoms with E-state index in [4.69, 9.17) is 5.73 Å². The number of carbonyl (C=O) groups is 1. The first-order valence-electron chi connectivity index (χ1n) is 6.71. The van der Waals surface area contributed by atoms with E-state index in [9.17, 15) is 4.79 Å². The van der Waals surface area contributed by atoms with Crippen LogP contribution in [0.2, 0.25) is 0 Å². The second kappa shape index (κ2) is 6.26. The average Bonchev–Trinajstić information content (AvgIpc) is 2.47. The van der Waals surface area contributed by atoms with E-state index < -0.39 is 0 Å². The highest BCUT2D eigenvalue weighted by Crippen LogP contribution is 2.25. The summed E-state index contributed by atoms with van der Waals surface area (Å²) in [6.45, 7) is 0.630. The number of nitrogens with zero attached hydrogens (tertiary/aromatic N) is 3. The highest BCUT2D eigenvalue weighted by Gasteiger charge is 2.13. The van der Waals surface area contributed by atoms with Gasteiger partial charge in [0.2, 0.25) is 0 Å². The highest BCUT2D eigenvalue weighted by molar-refractivity contribution is 5.96. The van der Waals surface area contributed by atoms with Crippen LogP contribution < -0.4 is 10.6 Å². The summed E-state index contributed by atoms with van der Waals surface area (Å²) in [5, 5.41) is 0. The lowest BCUT2D eigenvalue weighted by Crippen LogP contribution is -2.23. The molecular formula is C16H20N4O. The van der Waals surface area contributed by atoms with Gasteiger partial charge in [-0.15, -0.1) is 0 Å². The molecule has 2 rings (SSSR count). The van der Waals surface area contributed by atoms with E-state index in [-0.39, 0.29) is 5.91 Å². The Balaban J connectivity index is 2.26. The fourth-order valence-electron chi connectivity index (χ4n) is 2.09. The lowest BCUT2D eigenvalue weighted by atomic mass is 10.1. The molecule has 0 saturated carbocycles. The van der Waals surface area contributed by atoms with Crippen LogP contribution in [0.25, 0.3) is 0 Å². The largest absolute Gasteiger partial charge is 0.397 e. The summed E-state index contributed by atoms with van der Waals surface area (Å²) < 4.78 is 0. The Morgan fingerprint density at radius 1 is 1.19 bits per heavy atom. The molecule has 0 aliphatic heterocycles. The van der Waals surface area contributed by atoms with Crippen LogP contribution in [0.4, 0.5) is 11.4 Å². The Labute approximate surface area is 125 Å². The maximum atomic E-state index is 12.0. The van der Waals surface area contributed by atoms with E-state index in [0.29, 0.717) is 17.8 Å².